The van der Waals surface area contributed by atoms with E-state index >= 15 is 0 Å². The highest BCUT2D eigenvalue weighted by Gasteiger charge is 2.66. The quantitative estimate of drug-likeness (QED) is 0.611. The predicted molar refractivity (Wildman–Crippen MR) is 101 cm³/mol. The van der Waals surface area contributed by atoms with Crippen LogP contribution in [0.4, 0.5) is 18.0 Å². The van der Waals surface area contributed by atoms with Gasteiger partial charge >= 0.3 is 12.2 Å². The number of halogens is 5. The van der Waals surface area contributed by atoms with Gasteiger partial charge in [0.2, 0.25) is 5.72 Å². The van der Waals surface area contributed by atoms with E-state index < -0.39 is 35.7 Å². The standard InChI is InChI=1S/C19H15Cl2F3N2O3/c1-9-2-4-10(5-3-9)16(27)14-15(11-6-7-12(20)13(21)8-11)25-17(28)26-18(14,29)19(22,23)24/h2-8,14-15,29H,1H3,(H2,25,26,28)/t14-,15+,18+/m1/s1. The van der Waals surface area contributed by atoms with Gasteiger partial charge in [0, 0.05) is 5.56 Å². The molecule has 0 bridgehead atoms. The highest BCUT2D eigenvalue weighted by Crippen LogP contribution is 2.44. The molecule has 0 radical (unpaired) electrons. The van der Waals surface area contributed by atoms with E-state index in [1.165, 1.54) is 35.6 Å². The minimum atomic E-state index is -5.33. The fraction of sp³-hybridized carbons (Fsp3) is 0.263. The van der Waals surface area contributed by atoms with Crippen LogP contribution in [0.15, 0.2) is 42.5 Å². The van der Waals surface area contributed by atoms with Crippen molar-refractivity contribution in [2.75, 3.05) is 0 Å². The Morgan fingerprint density at radius 1 is 1.10 bits per heavy atom. The molecule has 1 heterocycles. The van der Waals surface area contributed by atoms with Crippen LogP contribution in [-0.4, -0.2) is 28.8 Å². The number of carbonyl (C=O) groups excluding carboxylic acids is 2. The zero-order valence-corrected chi connectivity index (χ0v) is 16.4. The molecule has 1 fully saturated rings. The molecule has 29 heavy (non-hydrogen) atoms. The molecule has 3 N–H and O–H groups in total. The number of aryl methyl sites for hydroxylation is 1. The lowest BCUT2D eigenvalue weighted by Gasteiger charge is -2.45. The number of Topliss-reactive ketones (excluding diaryl/α,β-unsaturated/α-hetero) is 1. The molecule has 0 aromatic heterocycles. The number of hydrogen-bond acceptors (Lipinski definition) is 3. The first-order chi connectivity index (χ1) is 13.4. The summed E-state index contributed by atoms with van der Waals surface area (Å²) in [5, 5.41) is 14.4. The largest absolute Gasteiger partial charge is 0.437 e. The van der Waals surface area contributed by atoms with Crippen LogP contribution in [0.3, 0.4) is 0 Å². The molecule has 2 amide bonds. The first-order valence-corrected chi connectivity index (χ1v) is 9.13. The summed E-state index contributed by atoms with van der Waals surface area (Å²) in [5.41, 5.74) is -2.97. The Morgan fingerprint density at radius 2 is 1.72 bits per heavy atom. The van der Waals surface area contributed by atoms with Crippen molar-refractivity contribution in [1.29, 1.82) is 0 Å². The normalized spacial score (nSPS) is 24.6. The number of amides is 2. The van der Waals surface area contributed by atoms with E-state index in [-0.39, 0.29) is 21.2 Å². The number of aliphatic hydroxyl groups is 1. The number of benzene rings is 2. The monoisotopic (exact) mass is 446 g/mol. The summed E-state index contributed by atoms with van der Waals surface area (Å²) in [6, 6.07) is 6.93. The molecule has 0 saturated carbocycles. The molecular formula is C19H15Cl2F3N2O3. The summed E-state index contributed by atoms with van der Waals surface area (Å²) in [6.45, 7) is 1.75. The Morgan fingerprint density at radius 3 is 2.28 bits per heavy atom. The Bertz CT molecular complexity index is 966. The molecule has 0 unspecified atom stereocenters. The lowest BCUT2D eigenvalue weighted by molar-refractivity contribution is -0.287. The third kappa shape index (κ3) is 3.92. The van der Waals surface area contributed by atoms with Crippen molar-refractivity contribution >= 4 is 35.0 Å². The van der Waals surface area contributed by atoms with Crippen LogP contribution in [0.5, 0.6) is 0 Å². The van der Waals surface area contributed by atoms with Crippen molar-refractivity contribution < 1.29 is 27.9 Å². The molecule has 0 aliphatic carbocycles. The molecule has 1 aliphatic heterocycles. The predicted octanol–water partition coefficient (Wildman–Crippen LogP) is 4.41. The zero-order valence-electron chi connectivity index (χ0n) is 14.8. The SMILES string of the molecule is Cc1ccc(C(=O)[C@H]2[C@H](c3ccc(Cl)c(Cl)c3)NC(=O)N[C@@]2(O)C(F)(F)F)cc1. The summed E-state index contributed by atoms with van der Waals surface area (Å²) in [6.07, 6.45) is -5.33. The number of alkyl halides is 3. The minimum absolute atomic E-state index is 0.0223. The Labute approximate surface area is 173 Å². The number of carbonyl (C=O) groups is 2. The Balaban J connectivity index is 2.17. The molecule has 10 heteroatoms. The molecule has 1 saturated heterocycles. The number of ketones is 1. The summed E-state index contributed by atoms with van der Waals surface area (Å²) in [4.78, 5) is 25.1. The van der Waals surface area contributed by atoms with Crippen LogP contribution >= 0.6 is 23.2 Å². The van der Waals surface area contributed by atoms with Gasteiger partial charge < -0.3 is 15.7 Å². The molecule has 3 atom stereocenters. The van der Waals surface area contributed by atoms with Crippen LogP contribution in [0, 0.1) is 12.8 Å². The van der Waals surface area contributed by atoms with Gasteiger partial charge in [-0.3, -0.25) is 4.79 Å². The van der Waals surface area contributed by atoms with E-state index in [9.17, 15) is 27.9 Å². The van der Waals surface area contributed by atoms with Gasteiger partial charge in [0.05, 0.1) is 16.1 Å². The lowest BCUT2D eigenvalue weighted by Crippen LogP contribution is -2.72. The zero-order chi connectivity index (χ0) is 21.6. The van der Waals surface area contributed by atoms with Gasteiger partial charge in [0.15, 0.2) is 5.78 Å². The van der Waals surface area contributed by atoms with Gasteiger partial charge in [-0.25, -0.2) is 4.79 Å². The number of urea groups is 1. The molecule has 0 spiro atoms. The summed E-state index contributed by atoms with van der Waals surface area (Å²) in [5.74, 6) is -3.13. The van der Waals surface area contributed by atoms with Gasteiger partial charge in [-0.1, -0.05) is 59.1 Å². The average Bonchev–Trinajstić information content (AvgIpc) is 2.62. The van der Waals surface area contributed by atoms with Crippen molar-refractivity contribution in [2.24, 2.45) is 5.92 Å². The van der Waals surface area contributed by atoms with Crippen LogP contribution in [0.2, 0.25) is 10.0 Å². The molecule has 1 aliphatic rings. The third-order valence-electron chi connectivity index (χ3n) is 4.73. The Kier molecular flexibility index (Phi) is 5.55. The first kappa shape index (κ1) is 21.4. The summed E-state index contributed by atoms with van der Waals surface area (Å²) >= 11 is 11.8. The fourth-order valence-corrected chi connectivity index (χ4v) is 3.53. The van der Waals surface area contributed by atoms with Crippen LogP contribution in [-0.2, 0) is 0 Å². The highest BCUT2D eigenvalue weighted by atomic mass is 35.5. The third-order valence-corrected chi connectivity index (χ3v) is 5.47. The van der Waals surface area contributed by atoms with Gasteiger partial charge in [-0.15, -0.1) is 0 Å². The molecule has 3 rings (SSSR count). The number of nitrogens with one attached hydrogen (secondary N) is 2. The second kappa shape index (κ2) is 7.51. The van der Waals surface area contributed by atoms with Gasteiger partial charge in [0.25, 0.3) is 0 Å². The van der Waals surface area contributed by atoms with Gasteiger partial charge in [-0.05, 0) is 24.6 Å². The summed E-state index contributed by atoms with van der Waals surface area (Å²) in [7, 11) is 0. The van der Waals surface area contributed by atoms with Crippen molar-refractivity contribution in [3.05, 3.63) is 69.2 Å². The molecule has 5 nitrogen and oxygen atoms in total. The van der Waals surface area contributed by atoms with E-state index in [4.69, 9.17) is 23.2 Å². The van der Waals surface area contributed by atoms with Crippen LogP contribution < -0.4 is 10.6 Å². The second-order valence-electron chi connectivity index (χ2n) is 6.72. The van der Waals surface area contributed by atoms with Gasteiger partial charge in [0.1, 0.15) is 5.92 Å². The van der Waals surface area contributed by atoms with Crippen LogP contribution in [0.25, 0.3) is 0 Å². The van der Waals surface area contributed by atoms with E-state index in [1.54, 1.807) is 19.1 Å². The maximum absolute atomic E-state index is 13.8. The van der Waals surface area contributed by atoms with Crippen molar-refractivity contribution in [3.8, 4) is 0 Å². The minimum Gasteiger partial charge on any atom is -0.363 e. The average molecular weight is 447 g/mol. The maximum Gasteiger partial charge on any atom is 0.437 e. The second-order valence-corrected chi connectivity index (χ2v) is 7.54. The van der Waals surface area contributed by atoms with E-state index in [0.29, 0.717) is 0 Å². The molecule has 2 aromatic rings. The van der Waals surface area contributed by atoms with E-state index in [1.807, 2.05) is 0 Å². The van der Waals surface area contributed by atoms with E-state index in [0.717, 1.165) is 5.56 Å². The lowest BCUT2D eigenvalue weighted by atomic mass is 9.77. The molecule has 154 valence electrons. The number of hydrogen-bond donors (Lipinski definition) is 3. The molecular weight excluding hydrogens is 432 g/mol. The van der Waals surface area contributed by atoms with E-state index in [2.05, 4.69) is 5.32 Å². The Hall–Kier alpha value is -2.29. The van der Waals surface area contributed by atoms with Crippen LogP contribution in [0.1, 0.15) is 27.5 Å². The maximum atomic E-state index is 13.8. The van der Waals surface area contributed by atoms with Crippen molar-refractivity contribution in [3.63, 3.8) is 0 Å². The summed E-state index contributed by atoms with van der Waals surface area (Å²) < 4.78 is 41.5. The fourth-order valence-electron chi connectivity index (χ4n) is 3.22. The first-order valence-electron chi connectivity index (χ1n) is 8.37. The van der Waals surface area contributed by atoms with Gasteiger partial charge in [-0.2, -0.15) is 13.2 Å². The highest BCUT2D eigenvalue weighted by molar-refractivity contribution is 6.42. The molecule has 2 aromatic carbocycles. The number of rotatable bonds is 3. The van der Waals surface area contributed by atoms with Crippen molar-refractivity contribution in [2.45, 2.75) is 24.9 Å². The topological polar surface area (TPSA) is 78.4 Å². The smallest absolute Gasteiger partial charge is 0.363 e. The van der Waals surface area contributed by atoms with Crippen molar-refractivity contribution in [1.82, 2.24) is 10.6 Å².